The molecule has 5 nitrogen and oxygen atoms in total. The maximum absolute atomic E-state index is 12.9. The summed E-state index contributed by atoms with van der Waals surface area (Å²) in [5, 5.41) is 3.38. The van der Waals surface area contributed by atoms with Gasteiger partial charge in [0, 0.05) is 5.02 Å². The van der Waals surface area contributed by atoms with Crippen molar-refractivity contribution in [3.05, 3.63) is 64.7 Å². The van der Waals surface area contributed by atoms with Crippen LogP contribution in [-0.4, -0.2) is 30.0 Å². The molecule has 142 valence electrons. The van der Waals surface area contributed by atoms with E-state index in [0.717, 1.165) is 5.56 Å². The van der Waals surface area contributed by atoms with Crippen molar-refractivity contribution in [3.63, 3.8) is 0 Å². The molecule has 1 aliphatic rings. The lowest BCUT2D eigenvalue weighted by molar-refractivity contribution is -0.131. The topological polar surface area (TPSA) is 58.6 Å². The number of carbonyl (C=O) groups excluding carboxylic acids is 2. The number of hydrogen-bond donors (Lipinski definition) is 1. The molecule has 0 saturated carbocycles. The quantitative estimate of drug-likeness (QED) is 0.752. The van der Waals surface area contributed by atoms with Gasteiger partial charge >= 0.3 is 6.03 Å². The molecule has 0 aromatic heterocycles. The highest BCUT2D eigenvalue weighted by atomic mass is 35.5. The van der Waals surface area contributed by atoms with Crippen molar-refractivity contribution in [2.45, 2.75) is 32.2 Å². The van der Waals surface area contributed by atoms with Gasteiger partial charge in [-0.1, -0.05) is 55.8 Å². The number of halogens is 1. The average molecular weight is 387 g/mol. The van der Waals surface area contributed by atoms with Crippen molar-refractivity contribution in [3.8, 4) is 5.75 Å². The van der Waals surface area contributed by atoms with E-state index in [9.17, 15) is 9.59 Å². The van der Waals surface area contributed by atoms with Crippen LogP contribution in [0.4, 0.5) is 4.79 Å². The molecule has 27 heavy (non-hydrogen) atoms. The zero-order valence-electron chi connectivity index (χ0n) is 15.7. The summed E-state index contributed by atoms with van der Waals surface area (Å²) in [6.07, 6.45) is 0. The highest BCUT2D eigenvalue weighted by molar-refractivity contribution is 6.30. The molecule has 1 aliphatic heterocycles. The van der Waals surface area contributed by atoms with Crippen LogP contribution in [0.3, 0.4) is 0 Å². The third kappa shape index (κ3) is 3.93. The summed E-state index contributed by atoms with van der Waals surface area (Å²) in [6, 6.07) is 14.4. The van der Waals surface area contributed by atoms with E-state index in [4.69, 9.17) is 16.3 Å². The first kappa shape index (κ1) is 19.2. The molecule has 0 bridgehead atoms. The summed E-state index contributed by atoms with van der Waals surface area (Å²) in [5.41, 5.74) is 0.886. The lowest BCUT2D eigenvalue weighted by Crippen LogP contribution is -2.41. The predicted molar refractivity (Wildman–Crippen MR) is 105 cm³/mol. The number of nitrogens with zero attached hydrogens (tertiary/aromatic N) is 1. The van der Waals surface area contributed by atoms with Crippen molar-refractivity contribution >= 4 is 23.5 Å². The molecule has 1 fully saturated rings. The molecule has 3 amide bonds. The zero-order chi connectivity index (χ0) is 19.6. The molecule has 1 N–H and O–H groups in total. The third-order valence-electron chi connectivity index (χ3n) is 4.81. The molecule has 2 aromatic rings. The van der Waals surface area contributed by atoms with Gasteiger partial charge in [-0.25, -0.2) is 4.79 Å². The van der Waals surface area contributed by atoms with Crippen LogP contribution in [0.5, 0.6) is 5.75 Å². The zero-order valence-corrected chi connectivity index (χ0v) is 16.4. The van der Waals surface area contributed by atoms with E-state index >= 15 is 0 Å². The third-order valence-corrected chi connectivity index (χ3v) is 5.04. The SMILES string of the molecule is CC(C)c1ccc([C@@]2(C)NC(=O)N(CCOc3cccc(Cl)c3)C2=O)cc1. The first-order valence-electron chi connectivity index (χ1n) is 8.94. The van der Waals surface area contributed by atoms with Crippen molar-refractivity contribution < 1.29 is 14.3 Å². The van der Waals surface area contributed by atoms with E-state index in [2.05, 4.69) is 19.2 Å². The van der Waals surface area contributed by atoms with Gasteiger partial charge in [0.25, 0.3) is 5.91 Å². The molecule has 0 unspecified atom stereocenters. The van der Waals surface area contributed by atoms with Gasteiger partial charge in [0.1, 0.15) is 17.9 Å². The number of ether oxygens (including phenoxy) is 1. The lowest BCUT2D eigenvalue weighted by atomic mass is 9.90. The Balaban J connectivity index is 1.68. The average Bonchev–Trinajstić information content (AvgIpc) is 2.86. The van der Waals surface area contributed by atoms with Gasteiger partial charge in [-0.05, 0) is 42.2 Å². The lowest BCUT2D eigenvalue weighted by Gasteiger charge is -2.23. The van der Waals surface area contributed by atoms with Crippen LogP contribution in [0.2, 0.25) is 5.02 Å². The number of carbonyl (C=O) groups is 2. The largest absolute Gasteiger partial charge is 0.492 e. The Morgan fingerprint density at radius 3 is 2.48 bits per heavy atom. The molecule has 1 saturated heterocycles. The summed E-state index contributed by atoms with van der Waals surface area (Å²) in [4.78, 5) is 26.5. The summed E-state index contributed by atoms with van der Waals surface area (Å²) in [5.74, 6) is 0.724. The van der Waals surface area contributed by atoms with E-state index in [-0.39, 0.29) is 19.1 Å². The van der Waals surface area contributed by atoms with Crippen LogP contribution in [0.15, 0.2) is 48.5 Å². The van der Waals surface area contributed by atoms with Crippen LogP contribution < -0.4 is 10.1 Å². The number of rotatable bonds is 6. The van der Waals surface area contributed by atoms with E-state index in [0.29, 0.717) is 16.7 Å². The second-order valence-corrected chi connectivity index (χ2v) is 7.53. The van der Waals surface area contributed by atoms with Gasteiger partial charge < -0.3 is 10.1 Å². The summed E-state index contributed by atoms with van der Waals surface area (Å²) < 4.78 is 5.60. The van der Waals surface area contributed by atoms with Crippen molar-refractivity contribution in [1.82, 2.24) is 10.2 Å². The minimum Gasteiger partial charge on any atom is -0.492 e. The molecule has 1 heterocycles. The molecular formula is C21H23ClN2O3. The van der Waals surface area contributed by atoms with Crippen LogP contribution in [0.25, 0.3) is 0 Å². The Hall–Kier alpha value is -2.53. The Morgan fingerprint density at radius 2 is 1.85 bits per heavy atom. The molecule has 0 radical (unpaired) electrons. The summed E-state index contributed by atoms with van der Waals surface area (Å²) in [7, 11) is 0. The van der Waals surface area contributed by atoms with Crippen molar-refractivity contribution in [2.24, 2.45) is 0 Å². The fraction of sp³-hybridized carbons (Fsp3) is 0.333. The Labute approximate surface area is 164 Å². The predicted octanol–water partition coefficient (Wildman–Crippen LogP) is 4.31. The minimum atomic E-state index is -1.07. The number of amides is 3. The van der Waals surface area contributed by atoms with Gasteiger partial charge in [0.15, 0.2) is 0 Å². The standard InChI is InChI=1S/C21H23ClN2O3/c1-14(2)15-7-9-16(10-8-15)21(3)19(25)24(20(26)23-21)11-12-27-18-6-4-5-17(22)13-18/h4-10,13-14H,11-12H2,1-3H3,(H,23,26)/t21-/m1/s1. The van der Waals surface area contributed by atoms with Crippen LogP contribution in [0.1, 0.15) is 37.8 Å². The first-order valence-corrected chi connectivity index (χ1v) is 9.32. The van der Waals surface area contributed by atoms with Crippen molar-refractivity contribution in [1.29, 1.82) is 0 Å². The molecule has 2 aromatic carbocycles. The number of nitrogens with one attached hydrogen (secondary N) is 1. The van der Waals surface area contributed by atoms with Gasteiger partial charge in [0.05, 0.1) is 6.54 Å². The summed E-state index contributed by atoms with van der Waals surface area (Å²) in [6.45, 7) is 6.32. The molecular weight excluding hydrogens is 364 g/mol. The van der Waals surface area contributed by atoms with Crippen LogP contribution in [0, 0.1) is 0 Å². The second kappa shape index (κ2) is 7.61. The molecule has 1 atom stereocenters. The van der Waals surface area contributed by atoms with E-state index in [1.165, 1.54) is 10.5 Å². The monoisotopic (exact) mass is 386 g/mol. The van der Waals surface area contributed by atoms with Gasteiger partial charge in [-0.2, -0.15) is 0 Å². The Bertz CT molecular complexity index is 851. The van der Waals surface area contributed by atoms with Crippen LogP contribution in [-0.2, 0) is 10.3 Å². The number of hydrogen-bond acceptors (Lipinski definition) is 3. The number of urea groups is 1. The minimum absolute atomic E-state index is 0.164. The van der Waals surface area contributed by atoms with Gasteiger partial charge in [0.2, 0.25) is 0 Å². The maximum atomic E-state index is 12.9. The normalized spacial score (nSPS) is 19.5. The fourth-order valence-electron chi connectivity index (χ4n) is 3.11. The van der Waals surface area contributed by atoms with Crippen LogP contribution >= 0.6 is 11.6 Å². The molecule has 6 heteroatoms. The highest BCUT2D eigenvalue weighted by Crippen LogP contribution is 2.30. The smallest absolute Gasteiger partial charge is 0.325 e. The molecule has 3 rings (SSSR count). The molecule has 0 aliphatic carbocycles. The van der Waals surface area contributed by atoms with E-state index in [1.807, 2.05) is 24.3 Å². The Morgan fingerprint density at radius 1 is 1.15 bits per heavy atom. The summed E-state index contributed by atoms with van der Waals surface area (Å²) >= 11 is 5.92. The first-order chi connectivity index (χ1) is 12.8. The second-order valence-electron chi connectivity index (χ2n) is 7.09. The van der Waals surface area contributed by atoms with E-state index in [1.54, 1.807) is 31.2 Å². The number of imide groups is 1. The Kier molecular flexibility index (Phi) is 5.42. The molecule has 0 spiro atoms. The van der Waals surface area contributed by atoms with Gasteiger partial charge in [-0.3, -0.25) is 9.69 Å². The highest BCUT2D eigenvalue weighted by Gasteiger charge is 2.48. The van der Waals surface area contributed by atoms with Gasteiger partial charge in [-0.15, -0.1) is 0 Å². The number of benzene rings is 2. The van der Waals surface area contributed by atoms with Crippen molar-refractivity contribution in [2.75, 3.05) is 13.2 Å². The maximum Gasteiger partial charge on any atom is 0.325 e. The fourth-order valence-corrected chi connectivity index (χ4v) is 3.29. The van der Waals surface area contributed by atoms with E-state index < -0.39 is 11.6 Å².